The molecule has 0 bridgehead atoms. The molecule has 1 aromatic heterocycles. The van der Waals surface area contributed by atoms with Gasteiger partial charge >= 0.3 is 0 Å². The number of amides is 1. The number of nitriles is 1. The number of nitrogens with zero attached hydrogens (tertiary/aromatic N) is 3. The molecule has 0 fully saturated rings. The van der Waals surface area contributed by atoms with Crippen molar-refractivity contribution in [2.45, 2.75) is 12.8 Å². The third-order valence-corrected chi connectivity index (χ3v) is 7.84. The zero-order chi connectivity index (χ0) is 29.9. The summed E-state index contributed by atoms with van der Waals surface area (Å²) in [5, 5.41) is 13.9. The van der Waals surface area contributed by atoms with Crippen molar-refractivity contribution in [1.82, 2.24) is 9.97 Å². The highest BCUT2D eigenvalue weighted by molar-refractivity contribution is 6.32. The van der Waals surface area contributed by atoms with Gasteiger partial charge in [-0.25, -0.2) is 9.97 Å². The maximum atomic E-state index is 13.4. The molecule has 0 saturated heterocycles. The molecule has 0 aliphatic heterocycles. The van der Waals surface area contributed by atoms with Crippen LogP contribution < -0.4 is 5.32 Å². The summed E-state index contributed by atoms with van der Waals surface area (Å²) in [4.78, 5) is 23.4. The van der Waals surface area contributed by atoms with Gasteiger partial charge < -0.3 is 5.32 Å². The second-order valence-corrected chi connectivity index (χ2v) is 11.0. The second kappa shape index (κ2) is 12.1. The van der Waals surface area contributed by atoms with E-state index in [4.69, 9.17) is 33.2 Å². The highest BCUT2D eigenvalue weighted by Crippen LogP contribution is 2.35. The van der Waals surface area contributed by atoms with E-state index < -0.39 is 5.92 Å². The molecule has 1 heterocycles. The van der Waals surface area contributed by atoms with Crippen LogP contribution in [0.4, 0.5) is 5.69 Å². The predicted octanol–water partition coefficient (Wildman–Crippen LogP) is 9.49. The number of anilines is 1. The van der Waals surface area contributed by atoms with Gasteiger partial charge in [-0.3, -0.25) is 4.79 Å². The van der Waals surface area contributed by atoms with Gasteiger partial charge in [0.1, 0.15) is 0 Å². The molecule has 0 spiro atoms. The first-order valence-corrected chi connectivity index (χ1v) is 14.4. The zero-order valence-electron chi connectivity index (χ0n) is 23.1. The number of benzene rings is 5. The quantitative estimate of drug-likeness (QED) is 0.207. The van der Waals surface area contributed by atoms with Gasteiger partial charge in [0, 0.05) is 32.4 Å². The van der Waals surface area contributed by atoms with Crippen LogP contribution in [0.25, 0.3) is 33.5 Å². The number of carbonyl (C=O) groups is 1. The van der Waals surface area contributed by atoms with Gasteiger partial charge in [-0.1, -0.05) is 102 Å². The molecular weight excluding hydrogens is 575 g/mol. The fourth-order valence-corrected chi connectivity index (χ4v) is 5.42. The molecule has 1 N–H and O–H groups in total. The van der Waals surface area contributed by atoms with E-state index in [1.807, 2.05) is 91.9 Å². The molecule has 0 aliphatic rings. The van der Waals surface area contributed by atoms with E-state index in [0.717, 1.165) is 33.6 Å². The Balaban J connectivity index is 1.33. The van der Waals surface area contributed by atoms with Crippen molar-refractivity contribution in [3.8, 4) is 28.6 Å². The van der Waals surface area contributed by atoms with Crippen molar-refractivity contribution in [3.05, 3.63) is 148 Å². The Labute approximate surface area is 259 Å². The zero-order valence-corrected chi connectivity index (χ0v) is 24.6. The van der Waals surface area contributed by atoms with Crippen LogP contribution in [0.15, 0.2) is 115 Å². The van der Waals surface area contributed by atoms with E-state index in [0.29, 0.717) is 37.9 Å². The topological polar surface area (TPSA) is 78.7 Å². The lowest BCUT2D eigenvalue weighted by Crippen LogP contribution is -2.13. The number of aryl methyl sites for hydroxylation is 1. The molecule has 6 rings (SSSR count). The molecule has 0 unspecified atom stereocenters. The highest BCUT2D eigenvalue weighted by atomic mass is 35.5. The molecule has 43 heavy (non-hydrogen) atoms. The number of carbonyl (C=O) groups excluding carboxylic acids is 1. The van der Waals surface area contributed by atoms with Crippen LogP contribution in [0.3, 0.4) is 0 Å². The van der Waals surface area contributed by atoms with E-state index in [9.17, 15) is 10.1 Å². The SMILES string of the molecule is Cc1cc([C@@H](C#N)c2ccc(Cl)cc2)c(Cl)cc1NC(=O)c1ccc2nc(-c3ccccc3)c(-c3ccccc3)nc2c1. The smallest absolute Gasteiger partial charge is 0.255 e. The average molecular weight is 600 g/mol. The van der Waals surface area contributed by atoms with Gasteiger partial charge in [-0.05, 0) is 60.0 Å². The Morgan fingerprint density at radius 1 is 0.767 bits per heavy atom. The summed E-state index contributed by atoms with van der Waals surface area (Å²) >= 11 is 12.7. The number of hydrogen-bond donors (Lipinski definition) is 1. The Hall–Kier alpha value is -5.02. The monoisotopic (exact) mass is 598 g/mol. The summed E-state index contributed by atoms with van der Waals surface area (Å²) in [6, 6.07) is 38.1. The minimum absolute atomic E-state index is 0.307. The van der Waals surface area contributed by atoms with Crippen molar-refractivity contribution in [1.29, 1.82) is 5.26 Å². The Bertz CT molecular complexity index is 2000. The van der Waals surface area contributed by atoms with Crippen LogP contribution >= 0.6 is 23.2 Å². The predicted molar refractivity (Wildman–Crippen MR) is 173 cm³/mol. The minimum Gasteiger partial charge on any atom is -0.322 e. The fraction of sp³-hybridized carbons (Fsp3) is 0.0556. The largest absolute Gasteiger partial charge is 0.322 e. The number of fused-ring (bicyclic) bond motifs is 1. The van der Waals surface area contributed by atoms with Crippen LogP contribution in [0.5, 0.6) is 0 Å². The fourth-order valence-electron chi connectivity index (χ4n) is 5.02. The van der Waals surface area contributed by atoms with Crippen molar-refractivity contribution in [2.75, 3.05) is 5.32 Å². The maximum Gasteiger partial charge on any atom is 0.255 e. The lowest BCUT2D eigenvalue weighted by Gasteiger charge is -2.16. The molecule has 0 radical (unpaired) electrons. The number of aromatic nitrogens is 2. The molecule has 1 amide bonds. The second-order valence-electron chi connectivity index (χ2n) is 10.1. The highest BCUT2D eigenvalue weighted by Gasteiger charge is 2.20. The molecule has 0 saturated carbocycles. The number of nitrogens with one attached hydrogen (secondary N) is 1. The maximum absolute atomic E-state index is 13.4. The van der Waals surface area contributed by atoms with E-state index in [1.165, 1.54) is 0 Å². The van der Waals surface area contributed by atoms with E-state index >= 15 is 0 Å². The molecular formula is C36H24Cl2N4O. The third-order valence-electron chi connectivity index (χ3n) is 7.26. The first-order valence-electron chi connectivity index (χ1n) is 13.6. The molecule has 5 aromatic carbocycles. The Kier molecular flexibility index (Phi) is 7.89. The van der Waals surface area contributed by atoms with E-state index in [1.54, 1.807) is 30.3 Å². The van der Waals surface area contributed by atoms with Crippen LogP contribution in [0.2, 0.25) is 10.0 Å². The molecule has 5 nitrogen and oxygen atoms in total. The molecule has 1 atom stereocenters. The van der Waals surface area contributed by atoms with Gasteiger partial charge in [0.2, 0.25) is 0 Å². The van der Waals surface area contributed by atoms with Crippen LogP contribution in [-0.2, 0) is 0 Å². The average Bonchev–Trinajstić information content (AvgIpc) is 3.04. The summed E-state index contributed by atoms with van der Waals surface area (Å²) < 4.78 is 0. The number of rotatable bonds is 6. The standard InChI is InChI=1S/C36H24Cl2N4O/c1-22-18-28(29(21-39)23-12-15-27(37)16-13-23)30(38)20-32(22)42-36(43)26-14-17-31-33(19-26)41-35(25-10-6-3-7-11-25)34(40-31)24-8-4-2-5-9-24/h2-20,29H,1H3,(H,42,43)/t29-/m0/s1. The first-order chi connectivity index (χ1) is 20.9. The van der Waals surface area contributed by atoms with E-state index in [2.05, 4.69) is 11.4 Å². The van der Waals surface area contributed by atoms with Crippen LogP contribution in [0, 0.1) is 18.3 Å². The van der Waals surface area contributed by atoms with Crippen molar-refractivity contribution >= 4 is 45.8 Å². The summed E-state index contributed by atoms with van der Waals surface area (Å²) in [5.41, 5.74) is 7.91. The van der Waals surface area contributed by atoms with Gasteiger partial charge in [0.25, 0.3) is 5.91 Å². The van der Waals surface area contributed by atoms with Crippen molar-refractivity contribution < 1.29 is 4.79 Å². The van der Waals surface area contributed by atoms with Crippen molar-refractivity contribution in [2.24, 2.45) is 0 Å². The minimum atomic E-state index is -0.577. The van der Waals surface area contributed by atoms with Crippen LogP contribution in [0.1, 0.15) is 33.0 Å². The lowest BCUT2D eigenvalue weighted by atomic mass is 9.91. The van der Waals surface area contributed by atoms with Gasteiger partial charge in [-0.15, -0.1) is 0 Å². The van der Waals surface area contributed by atoms with E-state index in [-0.39, 0.29) is 5.91 Å². The Morgan fingerprint density at radius 3 is 1.98 bits per heavy atom. The summed E-state index contributed by atoms with van der Waals surface area (Å²) in [5.74, 6) is -0.884. The summed E-state index contributed by atoms with van der Waals surface area (Å²) in [6.07, 6.45) is 0. The van der Waals surface area contributed by atoms with Gasteiger partial charge in [0.15, 0.2) is 0 Å². The number of halogens is 2. The summed E-state index contributed by atoms with van der Waals surface area (Å²) in [6.45, 7) is 1.87. The number of hydrogen-bond acceptors (Lipinski definition) is 4. The normalized spacial score (nSPS) is 11.6. The Morgan fingerprint density at radius 2 is 1.37 bits per heavy atom. The molecule has 7 heteroatoms. The molecule has 6 aromatic rings. The lowest BCUT2D eigenvalue weighted by molar-refractivity contribution is 0.102. The van der Waals surface area contributed by atoms with Gasteiger partial charge in [-0.2, -0.15) is 5.26 Å². The summed E-state index contributed by atoms with van der Waals surface area (Å²) in [7, 11) is 0. The van der Waals surface area contributed by atoms with Gasteiger partial charge in [0.05, 0.1) is 34.4 Å². The van der Waals surface area contributed by atoms with Crippen molar-refractivity contribution in [3.63, 3.8) is 0 Å². The first kappa shape index (κ1) is 28.1. The molecule has 208 valence electrons. The van der Waals surface area contributed by atoms with Crippen LogP contribution in [-0.4, -0.2) is 15.9 Å². The molecule has 0 aliphatic carbocycles. The third kappa shape index (κ3) is 5.85.